The molecule has 1 amide bonds. The van der Waals surface area contributed by atoms with E-state index in [2.05, 4.69) is 10.3 Å². The summed E-state index contributed by atoms with van der Waals surface area (Å²) < 4.78 is 42.5. The van der Waals surface area contributed by atoms with Gasteiger partial charge in [0.15, 0.2) is 0 Å². The molecule has 0 saturated heterocycles. The summed E-state index contributed by atoms with van der Waals surface area (Å²) in [6.45, 7) is 3.49. The van der Waals surface area contributed by atoms with Gasteiger partial charge in [0.2, 0.25) is 0 Å². The first-order chi connectivity index (χ1) is 8.82. The Hall–Kier alpha value is -1.63. The third kappa shape index (κ3) is 5.25. The summed E-state index contributed by atoms with van der Waals surface area (Å²) in [4.78, 5) is 15.1. The molecule has 0 aliphatic rings. The molecule has 0 aliphatic heterocycles. The molecule has 1 heterocycles. The Morgan fingerprint density at radius 2 is 2.21 bits per heavy atom. The van der Waals surface area contributed by atoms with Crippen molar-refractivity contribution >= 4 is 11.7 Å². The predicted molar refractivity (Wildman–Crippen MR) is 63.6 cm³/mol. The molecule has 19 heavy (non-hydrogen) atoms. The molecule has 0 fully saturated rings. The summed E-state index contributed by atoms with van der Waals surface area (Å²) in [6.07, 6.45) is -2.81. The number of hydrogen-bond acceptors (Lipinski definition) is 3. The fraction of sp³-hybridized carbons (Fsp3) is 0.500. The monoisotopic (exact) mass is 276 g/mol. The van der Waals surface area contributed by atoms with Gasteiger partial charge in [0, 0.05) is 6.20 Å². The third-order valence-corrected chi connectivity index (χ3v) is 2.43. The lowest BCUT2D eigenvalue weighted by Crippen LogP contribution is -2.22. The number of carbonyl (C=O) groups is 1. The van der Waals surface area contributed by atoms with E-state index in [0.717, 1.165) is 24.8 Å². The van der Waals surface area contributed by atoms with Gasteiger partial charge in [-0.25, -0.2) is 4.98 Å². The zero-order valence-electron chi connectivity index (χ0n) is 10.6. The molecule has 4 nitrogen and oxygen atoms in total. The van der Waals surface area contributed by atoms with Gasteiger partial charge < -0.3 is 10.1 Å². The van der Waals surface area contributed by atoms with E-state index in [4.69, 9.17) is 4.74 Å². The Kier molecular flexibility index (Phi) is 5.29. The zero-order chi connectivity index (χ0) is 14.5. The van der Waals surface area contributed by atoms with Gasteiger partial charge in [0.05, 0.1) is 11.7 Å². The van der Waals surface area contributed by atoms with Gasteiger partial charge in [-0.3, -0.25) is 4.79 Å². The lowest BCUT2D eigenvalue weighted by Gasteiger charge is -2.11. The highest BCUT2D eigenvalue weighted by molar-refractivity contribution is 5.90. The number of carbonyl (C=O) groups excluding carboxylic acids is 1. The van der Waals surface area contributed by atoms with Crippen LogP contribution in [0.3, 0.4) is 0 Å². The number of nitrogens with one attached hydrogen (secondary N) is 1. The maximum absolute atomic E-state index is 12.4. The van der Waals surface area contributed by atoms with Crippen molar-refractivity contribution in [2.75, 3.05) is 11.9 Å². The van der Waals surface area contributed by atoms with Gasteiger partial charge in [-0.1, -0.05) is 6.92 Å². The molecule has 0 saturated carbocycles. The van der Waals surface area contributed by atoms with Crippen molar-refractivity contribution in [1.82, 2.24) is 4.98 Å². The molecule has 1 rings (SSSR count). The van der Waals surface area contributed by atoms with E-state index in [0.29, 0.717) is 0 Å². The highest BCUT2D eigenvalue weighted by Crippen LogP contribution is 2.29. The van der Waals surface area contributed by atoms with Gasteiger partial charge in [0.25, 0.3) is 5.91 Å². The number of nitrogens with zero attached hydrogens (tertiary/aromatic N) is 1. The van der Waals surface area contributed by atoms with Gasteiger partial charge in [-0.05, 0) is 25.5 Å². The SMILES string of the molecule is CC[C@H](C)OCC(=O)Nc1cc(C(F)(F)F)ccn1. The number of amides is 1. The molecule has 1 aromatic heterocycles. The number of alkyl halides is 3. The van der Waals surface area contributed by atoms with E-state index in [-0.39, 0.29) is 18.5 Å². The van der Waals surface area contributed by atoms with Crippen LogP contribution in [0.25, 0.3) is 0 Å². The average Bonchev–Trinajstić information content (AvgIpc) is 2.35. The van der Waals surface area contributed by atoms with E-state index >= 15 is 0 Å². The molecule has 106 valence electrons. The maximum atomic E-state index is 12.4. The maximum Gasteiger partial charge on any atom is 0.416 e. The Labute approximate surface area is 109 Å². The molecule has 0 radical (unpaired) electrons. The van der Waals surface area contributed by atoms with E-state index in [1.54, 1.807) is 6.92 Å². The van der Waals surface area contributed by atoms with Gasteiger partial charge in [-0.15, -0.1) is 0 Å². The quantitative estimate of drug-likeness (QED) is 0.899. The van der Waals surface area contributed by atoms with Crippen molar-refractivity contribution in [2.24, 2.45) is 0 Å². The smallest absolute Gasteiger partial charge is 0.369 e. The third-order valence-electron chi connectivity index (χ3n) is 2.43. The molecule has 1 atom stereocenters. The number of ether oxygens (including phenoxy) is 1. The lowest BCUT2D eigenvalue weighted by atomic mass is 10.2. The van der Waals surface area contributed by atoms with Crippen LogP contribution in [0.4, 0.5) is 19.0 Å². The van der Waals surface area contributed by atoms with Crippen LogP contribution in [0, 0.1) is 0 Å². The van der Waals surface area contributed by atoms with Crippen LogP contribution < -0.4 is 5.32 Å². The minimum absolute atomic E-state index is 0.0831. The van der Waals surface area contributed by atoms with Gasteiger partial charge in [0.1, 0.15) is 12.4 Å². The standard InChI is InChI=1S/C12H15F3N2O2/c1-3-8(2)19-7-11(18)17-10-6-9(4-5-16-10)12(13,14)15/h4-6,8H,3,7H2,1-2H3,(H,16,17,18)/t8-/m0/s1. The highest BCUT2D eigenvalue weighted by Gasteiger charge is 2.30. The number of halogens is 3. The van der Waals surface area contributed by atoms with Crippen LogP contribution in [-0.4, -0.2) is 23.6 Å². The Morgan fingerprint density at radius 1 is 1.53 bits per heavy atom. The summed E-state index contributed by atoms with van der Waals surface area (Å²) in [7, 11) is 0. The molecule has 0 unspecified atom stereocenters. The summed E-state index contributed by atoms with van der Waals surface area (Å²) in [6, 6.07) is 1.62. The zero-order valence-corrected chi connectivity index (χ0v) is 10.6. The minimum atomic E-state index is -4.46. The molecule has 0 spiro atoms. The van der Waals surface area contributed by atoms with Crippen LogP contribution >= 0.6 is 0 Å². The lowest BCUT2D eigenvalue weighted by molar-refractivity contribution is -0.137. The first-order valence-corrected chi connectivity index (χ1v) is 5.77. The fourth-order valence-electron chi connectivity index (χ4n) is 1.19. The van der Waals surface area contributed by atoms with Crippen LogP contribution in [0.15, 0.2) is 18.3 Å². The Morgan fingerprint density at radius 3 is 2.79 bits per heavy atom. The molecule has 7 heteroatoms. The van der Waals surface area contributed by atoms with Crippen molar-refractivity contribution in [3.63, 3.8) is 0 Å². The average molecular weight is 276 g/mol. The van der Waals surface area contributed by atoms with Crippen LogP contribution in [-0.2, 0) is 15.7 Å². The van der Waals surface area contributed by atoms with Gasteiger partial charge in [-0.2, -0.15) is 13.2 Å². The van der Waals surface area contributed by atoms with Crippen molar-refractivity contribution in [3.05, 3.63) is 23.9 Å². The first kappa shape index (κ1) is 15.4. The second-order valence-corrected chi connectivity index (χ2v) is 4.01. The predicted octanol–water partition coefficient (Wildman–Crippen LogP) is 2.85. The van der Waals surface area contributed by atoms with E-state index in [9.17, 15) is 18.0 Å². The molecule has 1 N–H and O–H groups in total. The molecular formula is C12H15F3N2O2. The summed E-state index contributed by atoms with van der Waals surface area (Å²) in [5.74, 6) is -0.681. The number of rotatable bonds is 5. The number of pyridine rings is 1. The Bertz CT molecular complexity index is 435. The summed E-state index contributed by atoms with van der Waals surface area (Å²) >= 11 is 0. The van der Waals surface area contributed by atoms with Gasteiger partial charge >= 0.3 is 6.18 Å². The number of anilines is 1. The fourth-order valence-corrected chi connectivity index (χ4v) is 1.19. The van der Waals surface area contributed by atoms with Crippen molar-refractivity contribution in [3.8, 4) is 0 Å². The molecule has 0 aliphatic carbocycles. The highest BCUT2D eigenvalue weighted by atomic mass is 19.4. The number of hydrogen-bond donors (Lipinski definition) is 1. The van der Waals surface area contributed by atoms with Crippen LogP contribution in [0.5, 0.6) is 0 Å². The normalized spacial score (nSPS) is 13.1. The summed E-state index contributed by atoms with van der Waals surface area (Å²) in [5, 5.41) is 2.26. The number of aromatic nitrogens is 1. The minimum Gasteiger partial charge on any atom is -0.369 e. The first-order valence-electron chi connectivity index (χ1n) is 5.77. The largest absolute Gasteiger partial charge is 0.416 e. The molecule has 0 aromatic carbocycles. The molecular weight excluding hydrogens is 261 g/mol. The van der Waals surface area contributed by atoms with Crippen molar-refractivity contribution in [1.29, 1.82) is 0 Å². The molecule has 0 bridgehead atoms. The second-order valence-electron chi connectivity index (χ2n) is 4.01. The van der Waals surface area contributed by atoms with Crippen molar-refractivity contribution < 1.29 is 22.7 Å². The van der Waals surface area contributed by atoms with Crippen LogP contribution in [0.1, 0.15) is 25.8 Å². The van der Waals surface area contributed by atoms with Crippen molar-refractivity contribution in [2.45, 2.75) is 32.5 Å². The van der Waals surface area contributed by atoms with E-state index < -0.39 is 17.6 Å². The Balaban J connectivity index is 2.60. The van der Waals surface area contributed by atoms with Crippen LogP contribution in [0.2, 0.25) is 0 Å². The molecule has 1 aromatic rings. The van der Waals surface area contributed by atoms with E-state index in [1.165, 1.54) is 0 Å². The second kappa shape index (κ2) is 6.51. The summed E-state index contributed by atoms with van der Waals surface area (Å²) in [5.41, 5.74) is -0.861. The topological polar surface area (TPSA) is 51.2 Å². The van der Waals surface area contributed by atoms with E-state index in [1.807, 2.05) is 6.92 Å².